The molecule has 0 aromatic heterocycles. The summed E-state index contributed by atoms with van der Waals surface area (Å²) in [5.41, 5.74) is 1.89. The van der Waals surface area contributed by atoms with Gasteiger partial charge in [0.2, 0.25) is 5.91 Å². The van der Waals surface area contributed by atoms with Crippen LogP contribution in [0.2, 0.25) is 0 Å². The molecule has 0 fully saturated rings. The normalized spacial score (nSPS) is 9.79. The molecule has 0 radical (unpaired) electrons. The summed E-state index contributed by atoms with van der Waals surface area (Å²) >= 11 is 0. The lowest BCUT2D eigenvalue weighted by molar-refractivity contribution is -0.138. The van der Waals surface area contributed by atoms with E-state index in [0.29, 0.717) is 6.54 Å². The summed E-state index contributed by atoms with van der Waals surface area (Å²) in [6, 6.07) is 9.54. The average Bonchev–Trinajstić information content (AvgIpc) is 2.34. The Morgan fingerprint density at radius 2 is 1.84 bits per heavy atom. The Labute approximate surface area is 113 Å². The minimum Gasteiger partial charge on any atom is -0.481 e. The van der Waals surface area contributed by atoms with Gasteiger partial charge in [0.05, 0.1) is 6.42 Å². The lowest BCUT2D eigenvalue weighted by Crippen LogP contribution is -2.31. The lowest BCUT2D eigenvalue weighted by atomic mass is 10.2. The molecular weight excluding hydrogens is 242 g/mol. The maximum absolute atomic E-state index is 12.0. The van der Waals surface area contributed by atoms with Crippen molar-refractivity contribution in [3.05, 3.63) is 47.5 Å². The van der Waals surface area contributed by atoms with Crippen LogP contribution in [0.1, 0.15) is 25.8 Å². The molecule has 0 saturated heterocycles. The van der Waals surface area contributed by atoms with Crippen LogP contribution in [0.4, 0.5) is 0 Å². The van der Waals surface area contributed by atoms with Crippen molar-refractivity contribution >= 4 is 11.9 Å². The Morgan fingerprint density at radius 3 is 2.37 bits per heavy atom. The van der Waals surface area contributed by atoms with E-state index in [0.717, 1.165) is 11.1 Å². The fourth-order valence-electron chi connectivity index (χ4n) is 1.64. The van der Waals surface area contributed by atoms with E-state index in [1.165, 1.54) is 6.08 Å². The molecule has 0 aliphatic rings. The Balaban J connectivity index is 2.77. The van der Waals surface area contributed by atoms with Crippen LogP contribution in [-0.2, 0) is 16.1 Å². The number of aliphatic carboxylic acids is 1. The van der Waals surface area contributed by atoms with Gasteiger partial charge in [-0.25, -0.2) is 0 Å². The average molecular weight is 261 g/mol. The smallest absolute Gasteiger partial charge is 0.305 e. The van der Waals surface area contributed by atoms with E-state index in [4.69, 9.17) is 5.11 Å². The number of nitrogens with zero attached hydrogens (tertiary/aromatic N) is 1. The molecule has 0 atom stereocenters. The molecule has 4 nitrogen and oxygen atoms in total. The monoisotopic (exact) mass is 261 g/mol. The van der Waals surface area contributed by atoms with Gasteiger partial charge < -0.3 is 10.0 Å². The summed E-state index contributed by atoms with van der Waals surface area (Å²) in [4.78, 5) is 24.2. The standard InChI is InChI=1S/C15H19NO3/c1-12(2)10-14(17)16(9-8-15(18)19)11-13-6-4-3-5-7-13/h3-7,10H,8-9,11H2,1-2H3,(H,18,19). The van der Waals surface area contributed by atoms with Crippen LogP contribution in [0, 0.1) is 0 Å². The summed E-state index contributed by atoms with van der Waals surface area (Å²) in [5, 5.41) is 8.74. The Morgan fingerprint density at radius 1 is 1.21 bits per heavy atom. The van der Waals surface area contributed by atoms with Gasteiger partial charge in [-0.2, -0.15) is 0 Å². The molecule has 0 aliphatic carbocycles. The van der Waals surface area contributed by atoms with Crippen LogP contribution >= 0.6 is 0 Å². The van der Waals surface area contributed by atoms with Gasteiger partial charge in [0.15, 0.2) is 0 Å². The van der Waals surface area contributed by atoms with Crippen LogP contribution in [0.5, 0.6) is 0 Å². The minimum absolute atomic E-state index is 0.0465. The number of carboxylic acid groups (broad SMARTS) is 1. The number of allylic oxidation sites excluding steroid dienone is 1. The maximum atomic E-state index is 12.0. The first-order valence-corrected chi connectivity index (χ1v) is 6.18. The summed E-state index contributed by atoms with van der Waals surface area (Å²) in [7, 11) is 0. The van der Waals surface area contributed by atoms with Crippen LogP contribution in [-0.4, -0.2) is 28.4 Å². The van der Waals surface area contributed by atoms with Gasteiger partial charge in [0.1, 0.15) is 0 Å². The van der Waals surface area contributed by atoms with Crippen molar-refractivity contribution in [3.8, 4) is 0 Å². The molecular formula is C15H19NO3. The topological polar surface area (TPSA) is 57.6 Å². The van der Waals surface area contributed by atoms with Gasteiger partial charge in [-0.1, -0.05) is 35.9 Å². The van der Waals surface area contributed by atoms with Crippen LogP contribution < -0.4 is 0 Å². The van der Waals surface area contributed by atoms with Crippen LogP contribution in [0.3, 0.4) is 0 Å². The number of carbonyl (C=O) groups excluding carboxylic acids is 1. The zero-order chi connectivity index (χ0) is 14.3. The first-order valence-electron chi connectivity index (χ1n) is 6.18. The molecule has 1 aromatic carbocycles. The molecule has 19 heavy (non-hydrogen) atoms. The van der Waals surface area contributed by atoms with Gasteiger partial charge in [-0.3, -0.25) is 9.59 Å². The number of carboxylic acids is 1. The van der Waals surface area contributed by atoms with Gasteiger partial charge in [0.25, 0.3) is 0 Å². The number of rotatable bonds is 6. The summed E-state index contributed by atoms with van der Waals surface area (Å²) in [5.74, 6) is -1.05. The second-order valence-electron chi connectivity index (χ2n) is 4.61. The van der Waals surface area contributed by atoms with E-state index in [2.05, 4.69) is 0 Å². The molecule has 0 spiro atoms. The van der Waals surface area contributed by atoms with Gasteiger partial charge in [-0.05, 0) is 19.4 Å². The highest BCUT2D eigenvalue weighted by atomic mass is 16.4. The lowest BCUT2D eigenvalue weighted by Gasteiger charge is -2.20. The van der Waals surface area contributed by atoms with Crippen molar-refractivity contribution in [2.75, 3.05) is 6.54 Å². The van der Waals surface area contributed by atoms with E-state index < -0.39 is 5.97 Å². The summed E-state index contributed by atoms with van der Waals surface area (Å²) in [6.07, 6.45) is 1.49. The second kappa shape index (κ2) is 7.36. The Kier molecular flexibility index (Phi) is 5.79. The van der Waals surface area contributed by atoms with Crippen molar-refractivity contribution in [3.63, 3.8) is 0 Å². The van der Waals surface area contributed by atoms with E-state index in [-0.39, 0.29) is 18.9 Å². The number of hydrogen-bond acceptors (Lipinski definition) is 2. The quantitative estimate of drug-likeness (QED) is 0.800. The zero-order valence-electron chi connectivity index (χ0n) is 11.3. The fraction of sp³-hybridized carbons (Fsp3) is 0.333. The first-order chi connectivity index (χ1) is 8.99. The van der Waals surface area contributed by atoms with E-state index in [1.807, 2.05) is 44.2 Å². The fourth-order valence-corrected chi connectivity index (χ4v) is 1.64. The minimum atomic E-state index is -0.900. The van der Waals surface area contributed by atoms with Crippen LogP contribution in [0.15, 0.2) is 42.0 Å². The predicted octanol–water partition coefficient (Wildman–Crippen LogP) is 2.46. The van der Waals surface area contributed by atoms with Crippen LogP contribution in [0.25, 0.3) is 0 Å². The van der Waals surface area contributed by atoms with Gasteiger partial charge in [0, 0.05) is 19.2 Å². The van der Waals surface area contributed by atoms with E-state index in [1.54, 1.807) is 4.90 Å². The largest absolute Gasteiger partial charge is 0.481 e. The molecule has 0 unspecified atom stereocenters. The third-order valence-electron chi connectivity index (χ3n) is 2.54. The van der Waals surface area contributed by atoms with Gasteiger partial charge in [-0.15, -0.1) is 0 Å². The van der Waals surface area contributed by atoms with Crippen molar-refractivity contribution in [1.29, 1.82) is 0 Å². The second-order valence-corrected chi connectivity index (χ2v) is 4.61. The maximum Gasteiger partial charge on any atom is 0.305 e. The Hall–Kier alpha value is -2.10. The number of amides is 1. The Bertz CT molecular complexity index is 462. The van der Waals surface area contributed by atoms with Crippen molar-refractivity contribution in [1.82, 2.24) is 4.90 Å². The van der Waals surface area contributed by atoms with Crippen molar-refractivity contribution in [2.45, 2.75) is 26.8 Å². The SMILES string of the molecule is CC(C)=CC(=O)N(CCC(=O)O)Cc1ccccc1. The number of benzene rings is 1. The predicted molar refractivity (Wildman–Crippen MR) is 73.5 cm³/mol. The molecule has 0 bridgehead atoms. The number of carbonyl (C=O) groups is 2. The van der Waals surface area contributed by atoms with E-state index >= 15 is 0 Å². The molecule has 1 amide bonds. The molecule has 0 heterocycles. The molecule has 1 aromatic rings. The third-order valence-corrected chi connectivity index (χ3v) is 2.54. The molecule has 1 N–H and O–H groups in total. The third kappa shape index (κ3) is 5.86. The highest BCUT2D eigenvalue weighted by Gasteiger charge is 2.13. The van der Waals surface area contributed by atoms with Crippen molar-refractivity contribution in [2.24, 2.45) is 0 Å². The zero-order valence-corrected chi connectivity index (χ0v) is 11.3. The molecule has 0 aliphatic heterocycles. The highest BCUT2D eigenvalue weighted by molar-refractivity contribution is 5.88. The van der Waals surface area contributed by atoms with Crippen molar-refractivity contribution < 1.29 is 14.7 Å². The molecule has 102 valence electrons. The number of hydrogen-bond donors (Lipinski definition) is 1. The molecule has 1 rings (SSSR count). The first kappa shape index (κ1) is 15.0. The molecule has 0 saturated carbocycles. The summed E-state index contributed by atoms with van der Waals surface area (Å²) < 4.78 is 0. The molecule has 4 heteroatoms. The van der Waals surface area contributed by atoms with Gasteiger partial charge >= 0.3 is 5.97 Å². The highest BCUT2D eigenvalue weighted by Crippen LogP contribution is 2.07. The summed E-state index contributed by atoms with van der Waals surface area (Å²) in [6.45, 7) is 4.33. The van der Waals surface area contributed by atoms with E-state index in [9.17, 15) is 9.59 Å².